The summed E-state index contributed by atoms with van der Waals surface area (Å²) in [4.78, 5) is 37.3. The highest BCUT2D eigenvalue weighted by molar-refractivity contribution is 6.30. The van der Waals surface area contributed by atoms with Crippen molar-refractivity contribution in [3.63, 3.8) is 0 Å². The van der Waals surface area contributed by atoms with Crippen molar-refractivity contribution < 1.29 is 28.6 Å². The van der Waals surface area contributed by atoms with Gasteiger partial charge in [-0.3, -0.25) is 14.4 Å². The van der Waals surface area contributed by atoms with Crippen molar-refractivity contribution in [1.29, 1.82) is 0 Å². The molecule has 2 aromatic rings. The second-order valence-electron chi connectivity index (χ2n) is 7.05. The Morgan fingerprint density at radius 2 is 1.91 bits per heavy atom. The average Bonchev–Trinajstić information content (AvgIpc) is 2.76. The number of nitrogens with zero attached hydrogens (tertiary/aromatic N) is 1. The molecule has 0 fully saturated rings. The Balaban J connectivity index is 1.65. The van der Waals surface area contributed by atoms with Gasteiger partial charge in [-0.25, -0.2) is 0 Å². The zero-order chi connectivity index (χ0) is 23.5. The maximum absolute atomic E-state index is 12.1. The van der Waals surface area contributed by atoms with Crippen LogP contribution in [0.3, 0.4) is 0 Å². The van der Waals surface area contributed by atoms with Crippen molar-refractivity contribution >= 4 is 35.1 Å². The third kappa shape index (κ3) is 8.47. The Morgan fingerprint density at radius 3 is 2.62 bits per heavy atom. The van der Waals surface area contributed by atoms with E-state index in [9.17, 15) is 14.4 Å². The Kier molecular flexibility index (Phi) is 9.81. The molecule has 2 amide bonds. The minimum absolute atomic E-state index is 0.111. The maximum Gasteiger partial charge on any atom is 0.306 e. The normalized spacial score (nSPS) is 10.2. The molecule has 0 atom stereocenters. The Labute approximate surface area is 192 Å². The molecular weight excluding hydrogens is 436 g/mol. The number of esters is 1. The van der Waals surface area contributed by atoms with Crippen LogP contribution in [0.2, 0.25) is 5.02 Å². The molecule has 32 heavy (non-hydrogen) atoms. The Hall–Kier alpha value is -3.26. The third-order valence-electron chi connectivity index (χ3n) is 4.44. The molecular formula is C23H27ClN2O6. The van der Waals surface area contributed by atoms with E-state index in [1.165, 1.54) is 19.1 Å². The fourth-order valence-electron chi connectivity index (χ4n) is 2.70. The van der Waals surface area contributed by atoms with Crippen molar-refractivity contribution in [2.75, 3.05) is 39.2 Å². The van der Waals surface area contributed by atoms with Gasteiger partial charge < -0.3 is 24.4 Å². The third-order valence-corrected chi connectivity index (χ3v) is 4.67. The summed E-state index contributed by atoms with van der Waals surface area (Å²) >= 11 is 5.90. The van der Waals surface area contributed by atoms with Gasteiger partial charge in [-0.1, -0.05) is 17.7 Å². The molecule has 9 heteroatoms. The van der Waals surface area contributed by atoms with Crippen LogP contribution in [0.25, 0.3) is 0 Å². The van der Waals surface area contributed by atoms with Crippen molar-refractivity contribution in [1.82, 2.24) is 4.90 Å². The summed E-state index contributed by atoms with van der Waals surface area (Å²) in [5, 5.41) is 3.31. The maximum atomic E-state index is 12.1. The largest absolute Gasteiger partial charge is 0.497 e. The molecule has 0 bridgehead atoms. The predicted molar refractivity (Wildman–Crippen MR) is 121 cm³/mol. The molecule has 1 N–H and O–H groups in total. The van der Waals surface area contributed by atoms with E-state index in [0.717, 1.165) is 5.56 Å². The Bertz CT molecular complexity index is 950. The molecule has 2 aromatic carbocycles. The standard InChI is InChI=1S/C23H27ClN2O6/c1-16-12-17(24)9-10-20(16)31-11-5-8-23(29)32-15-22(28)26(2)14-21(27)25-18-6-4-7-19(13-18)30-3/h4,6-7,9-10,12-13H,5,8,11,14-15H2,1-3H3,(H,25,27). The first-order valence-electron chi connectivity index (χ1n) is 10.0. The van der Waals surface area contributed by atoms with Gasteiger partial charge in [0.1, 0.15) is 11.5 Å². The van der Waals surface area contributed by atoms with Gasteiger partial charge in [0, 0.05) is 30.2 Å². The number of amides is 2. The Morgan fingerprint density at radius 1 is 1.12 bits per heavy atom. The van der Waals surface area contributed by atoms with Crippen molar-refractivity contribution in [2.24, 2.45) is 0 Å². The van der Waals surface area contributed by atoms with Crippen molar-refractivity contribution in [2.45, 2.75) is 19.8 Å². The number of hydrogen-bond acceptors (Lipinski definition) is 6. The molecule has 0 aromatic heterocycles. The lowest BCUT2D eigenvalue weighted by molar-refractivity contribution is -0.152. The van der Waals surface area contributed by atoms with Crippen LogP contribution in [-0.4, -0.2) is 56.6 Å². The second kappa shape index (κ2) is 12.6. The molecule has 0 saturated carbocycles. The minimum atomic E-state index is -0.510. The summed E-state index contributed by atoms with van der Waals surface area (Å²) in [6.45, 7) is 1.60. The van der Waals surface area contributed by atoms with Crippen LogP contribution in [0.15, 0.2) is 42.5 Å². The highest BCUT2D eigenvalue weighted by atomic mass is 35.5. The smallest absolute Gasteiger partial charge is 0.306 e. The average molecular weight is 463 g/mol. The zero-order valence-corrected chi connectivity index (χ0v) is 19.1. The molecule has 0 aliphatic carbocycles. The topological polar surface area (TPSA) is 94.2 Å². The molecule has 2 rings (SSSR count). The van der Waals surface area contributed by atoms with E-state index in [4.69, 9.17) is 25.8 Å². The molecule has 0 unspecified atom stereocenters. The molecule has 0 aliphatic rings. The fraction of sp³-hybridized carbons (Fsp3) is 0.348. The first kappa shape index (κ1) is 25.0. The summed E-state index contributed by atoms with van der Waals surface area (Å²) in [5.74, 6) is -0.0640. The van der Waals surface area contributed by atoms with Gasteiger partial charge in [-0.2, -0.15) is 0 Å². The van der Waals surface area contributed by atoms with Gasteiger partial charge >= 0.3 is 5.97 Å². The van der Waals surface area contributed by atoms with Gasteiger partial charge in [0.05, 0.1) is 20.3 Å². The lowest BCUT2D eigenvalue weighted by Crippen LogP contribution is -2.37. The summed E-state index contributed by atoms with van der Waals surface area (Å²) in [5.41, 5.74) is 1.46. The number of anilines is 1. The number of aryl methyl sites for hydroxylation is 1. The first-order valence-corrected chi connectivity index (χ1v) is 10.4. The number of hydrogen-bond donors (Lipinski definition) is 1. The van der Waals surface area contributed by atoms with Crippen molar-refractivity contribution in [3.8, 4) is 11.5 Å². The zero-order valence-electron chi connectivity index (χ0n) is 18.4. The van der Waals surface area contributed by atoms with Gasteiger partial charge in [-0.05, 0) is 49.2 Å². The molecule has 0 aliphatic heterocycles. The van der Waals surface area contributed by atoms with Crippen LogP contribution >= 0.6 is 11.6 Å². The monoisotopic (exact) mass is 462 g/mol. The lowest BCUT2D eigenvalue weighted by atomic mass is 10.2. The quantitative estimate of drug-likeness (QED) is 0.406. The SMILES string of the molecule is COc1cccc(NC(=O)CN(C)C(=O)COC(=O)CCCOc2ccc(Cl)cc2C)c1. The van der Waals surface area contributed by atoms with Gasteiger partial charge in [0.15, 0.2) is 6.61 Å². The predicted octanol–water partition coefficient (Wildman–Crippen LogP) is 3.46. The molecule has 0 heterocycles. The van der Waals surface area contributed by atoms with Crippen LogP contribution in [-0.2, 0) is 19.1 Å². The van der Waals surface area contributed by atoms with Crippen LogP contribution in [0.1, 0.15) is 18.4 Å². The number of rotatable bonds is 11. The number of halogens is 1. The minimum Gasteiger partial charge on any atom is -0.497 e. The first-order chi connectivity index (χ1) is 15.3. The van der Waals surface area contributed by atoms with Crippen LogP contribution < -0.4 is 14.8 Å². The summed E-state index contributed by atoms with van der Waals surface area (Å²) < 4.78 is 15.7. The van der Waals surface area contributed by atoms with Crippen LogP contribution in [0.5, 0.6) is 11.5 Å². The van der Waals surface area contributed by atoms with E-state index in [2.05, 4.69) is 5.32 Å². The number of nitrogens with one attached hydrogen (secondary N) is 1. The fourth-order valence-corrected chi connectivity index (χ4v) is 2.93. The highest BCUT2D eigenvalue weighted by Gasteiger charge is 2.15. The number of methoxy groups -OCH3 is 1. The number of ether oxygens (including phenoxy) is 3. The summed E-state index contributed by atoms with van der Waals surface area (Å²) in [6, 6.07) is 12.2. The molecule has 0 spiro atoms. The van der Waals surface area contributed by atoms with E-state index >= 15 is 0 Å². The summed E-state index contributed by atoms with van der Waals surface area (Å²) in [6.07, 6.45) is 0.549. The molecule has 8 nitrogen and oxygen atoms in total. The van der Waals surface area contributed by atoms with E-state index in [-0.39, 0.29) is 18.9 Å². The number of likely N-dealkylation sites (N-methyl/N-ethyl adjacent to an activating group) is 1. The lowest BCUT2D eigenvalue weighted by Gasteiger charge is -2.17. The van der Waals surface area contributed by atoms with Crippen LogP contribution in [0.4, 0.5) is 5.69 Å². The number of carbonyl (C=O) groups is 3. The molecule has 0 radical (unpaired) electrons. The van der Waals surface area contributed by atoms with E-state index < -0.39 is 18.5 Å². The van der Waals surface area contributed by atoms with Gasteiger partial charge in [0.2, 0.25) is 5.91 Å². The van der Waals surface area contributed by atoms with Gasteiger partial charge in [0.25, 0.3) is 5.91 Å². The van der Waals surface area contributed by atoms with E-state index in [0.29, 0.717) is 35.2 Å². The molecule has 0 saturated heterocycles. The summed E-state index contributed by atoms with van der Waals surface area (Å²) in [7, 11) is 2.99. The number of carbonyl (C=O) groups excluding carboxylic acids is 3. The van der Waals surface area contributed by atoms with E-state index in [1.54, 1.807) is 42.5 Å². The van der Waals surface area contributed by atoms with Gasteiger partial charge in [-0.15, -0.1) is 0 Å². The highest BCUT2D eigenvalue weighted by Crippen LogP contribution is 2.22. The number of benzene rings is 2. The van der Waals surface area contributed by atoms with Crippen LogP contribution in [0, 0.1) is 6.92 Å². The van der Waals surface area contributed by atoms with E-state index in [1.807, 2.05) is 6.92 Å². The molecule has 172 valence electrons. The second-order valence-corrected chi connectivity index (χ2v) is 7.49. The van der Waals surface area contributed by atoms with Crippen molar-refractivity contribution in [3.05, 3.63) is 53.1 Å².